The van der Waals surface area contributed by atoms with Gasteiger partial charge in [0, 0.05) is 6.92 Å². The molecule has 3 heterocycles. The Morgan fingerprint density at radius 2 is 1.59 bits per heavy atom. The SMILES string of the molecule is Cc1nc2nc(-c3ncnn3-c3c(C)cc(-c4ccccc4)cc3C)ccc2o1. The average Bonchev–Trinajstić information content (AvgIpc) is 3.33. The summed E-state index contributed by atoms with van der Waals surface area (Å²) in [6.45, 7) is 6.00. The quantitative estimate of drug-likeness (QED) is 0.437. The summed E-state index contributed by atoms with van der Waals surface area (Å²) in [6.07, 6.45) is 1.55. The van der Waals surface area contributed by atoms with Crippen LogP contribution in [0.4, 0.5) is 0 Å². The monoisotopic (exact) mass is 381 g/mol. The topological polar surface area (TPSA) is 69.6 Å². The Balaban J connectivity index is 1.63. The number of oxazole rings is 1. The van der Waals surface area contributed by atoms with Crippen LogP contribution >= 0.6 is 0 Å². The molecule has 0 aliphatic carbocycles. The molecule has 0 aliphatic heterocycles. The number of benzene rings is 2. The van der Waals surface area contributed by atoms with Crippen molar-refractivity contribution in [3.8, 4) is 28.3 Å². The first-order chi connectivity index (χ1) is 14.1. The summed E-state index contributed by atoms with van der Waals surface area (Å²) < 4.78 is 7.38. The third-order valence-electron chi connectivity index (χ3n) is 4.95. The predicted molar refractivity (Wildman–Crippen MR) is 112 cm³/mol. The molecule has 0 amide bonds. The van der Waals surface area contributed by atoms with Crippen LogP contribution in [0.1, 0.15) is 17.0 Å². The number of nitrogens with zero attached hydrogens (tertiary/aromatic N) is 5. The highest BCUT2D eigenvalue weighted by Crippen LogP contribution is 2.30. The van der Waals surface area contributed by atoms with Gasteiger partial charge in [0.1, 0.15) is 12.0 Å². The van der Waals surface area contributed by atoms with E-state index in [4.69, 9.17) is 4.42 Å². The van der Waals surface area contributed by atoms with Gasteiger partial charge in [-0.3, -0.25) is 0 Å². The molecule has 0 radical (unpaired) electrons. The van der Waals surface area contributed by atoms with Gasteiger partial charge in [-0.2, -0.15) is 10.1 Å². The summed E-state index contributed by atoms with van der Waals surface area (Å²) in [4.78, 5) is 13.4. The minimum absolute atomic E-state index is 0.572. The normalized spacial score (nSPS) is 11.3. The number of hydrogen-bond donors (Lipinski definition) is 0. The lowest BCUT2D eigenvalue weighted by Crippen LogP contribution is -2.05. The highest BCUT2D eigenvalue weighted by atomic mass is 16.3. The van der Waals surface area contributed by atoms with Crippen LogP contribution in [0.15, 0.2) is 65.3 Å². The number of aryl methyl sites for hydroxylation is 3. The molecule has 0 N–H and O–H groups in total. The van der Waals surface area contributed by atoms with E-state index >= 15 is 0 Å². The molecule has 5 aromatic rings. The van der Waals surface area contributed by atoms with Crippen LogP contribution in [0, 0.1) is 20.8 Å². The van der Waals surface area contributed by atoms with Crippen LogP contribution in [0.25, 0.3) is 39.6 Å². The molecule has 0 aliphatic rings. The smallest absolute Gasteiger partial charge is 0.199 e. The van der Waals surface area contributed by atoms with Gasteiger partial charge in [-0.25, -0.2) is 14.6 Å². The molecule has 0 unspecified atom stereocenters. The molecule has 29 heavy (non-hydrogen) atoms. The zero-order valence-corrected chi connectivity index (χ0v) is 16.4. The van der Waals surface area contributed by atoms with Crippen molar-refractivity contribution in [2.45, 2.75) is 20.8 Å². The van der Waals surface area contributed by atoms with Gasteiger partial charge < -0.3 is 4.42 Å². The van der Waals surface area contributed by atoms with Crippen molar-refractivity contribution < 1.29 is 4.42 Å². The third kappa shape index (κ3) is 2.99. The maximum atomic E-state index is 5.53. The van der Waals surface area contributed by atoms with Gasteiger partial charge >= 0.3 is 0 Å². The number of pyridine rings is 1. The Bertz CT molecular complexity index is 1310. The second-order valence-corrected chi connectivity index (χ2v) is 7.07. The van der Waals surface area contributed by atoms with E-state index < -0.39 is 0 Å². The Hall–Kier alpha value is -3.80. The second-order valence-electron chi connectivity index (χ2n) is 7.07. The number of rotatable bonds is 3. The van der Waals surface area contributed by atoms with E-state index in [1.807, 2.05) is 29.8 Å². The number of aromatic nitrogens is 5. The van der Waals surface area contributed by atoms with Crippen LogP contribution in [0.5, 0.6) is 0 Å². The van der Waals surface area contributed by atoms with Gasteiger partial charge in [-0.1, -0.05) is 30.3 Å². The molecule has 0 spiro atoms. The molecule has 0 saturated heterocycles. The van der Waals surface area contributed by atoms with E-state index in [2.05, 4.69) is 70.3 Å². The van der Waals surface area contributed by atoms with Crippen molar-refractivity contribution in [1.29, 1.82) is 0 Å². The molecule has 0 bridgehead atoms. The Morgan fingerprint density at radius 3 is 2.34 bits per heavy atom. The second kappa shape index (κ2) is 6.67. The van der Waals surface area contributed by atoms with Gasteiger partial charge in [0.25, 0.3) is 0 Å². The van der Waals surface area contributed by atoms with Gasteiger partial charge in [0.15, 0.2) is 22.9 Å². The van der Waals surface area contributed by atoms with E-state index in [9.17, 15) is 0 Å². The zero-order chi connectivity index (χ0) is 20.0. The highest BCUT2D eigenvalue weighted by molar-refractivity contribution is 5.73. The third-order valence-corrected chi connectivity index (χ3v) is 4.95. The summed E-state index contributed by atoms with van der Waals surface area (Å²) >= 11 is 0. The molecule has 6 heteroatoms. The van der Waals surface area contributed by atoms with E-state index in [1.165, 1.54) is 11.1 Å². The summed E-state index contributed by atoms with van der Waals surface area (Å²) in [5.41, 5.74) is 7.56. The van der Waals surface area contributed by atoms with Crippen LogP contribution in [0.3, 0.4) is 0 Å². The van der Waals surface area contributed by atoms with E-state index in [-0.39, 0.29) is 0 Å². The maximum Gasteiger partial charge on any atom is 0.199 e. The summed E-state index contributed by atoms with van der Waals surface area (Å²) in [7, 11) is 0. The Labute approximate surface area is 167 Å². The fourth-order valence-corrected chi connectivity index (χ4v) is 3.72. The van der Waals surface area contributed by atoms with Crippen molar-refractivity contribution in [3.63, 3.8) is 0 Å². The molecule has 0 atom stereocenters. The van der Waals surface area contributed by atoms with Crippen molar-refractivity contribution in [2.24, 2.45) is 0 Å². The Morgan fingerprint density at radius 1 is 0.828 bits per heavy atom. The Kier molecular flexibility index (Phi) is 3.98. The first-order valence-electron chi connectivity index (χ1n) is 9.42. The summed E-state index contributed by atoms with van der Waals surface area (Å²) in [5.74, 6) is 1.26. The fourth-order valence-electron chi connectivity index (χ4n) is 3.72. The standard InChI is InChI=1S/C23H19N5O/c1-14-11-18(17-7-5-4-6-8-17)12-15(2)21(14)28-23(24-13-25-28)19-9-10-20-22(27-19)26-16(3)29-20/h4-13H,1-3H3. The average molecular weight is 381 g/mol. The number of fused-ring (bicyclic) bond motifs is 1. The molecular formula is C23H19N5O. The summed E-state index contributed by atoms with van der Waals surface area (Å²) in [5, 5.41) is 4.49. The fraction of sp³-hybridized carbons (Fsp3) is 0.130. The lowest BCUT2D eigenvalue weighted by Gasteiger charge is -2.14. The highest BCUT2D eigenvalue weighted by Gasteiger charge is 2.17. The van der Waals surface area contributed by atoms with Gasteiger partial charge in [0.2, 0.25) is 0 Å². The van der Waals surface area contributed by atoms with Gasteiger partial charge in [-0.05, 0) is 60.4 Å². The molecule has 142 valence electrons. The minimum atomic E-state index is 0.572. The molecule has 5 rings (SSSR count). The van der Waals surface area contributed by atoms with Crippen molar-refractivity contribution in [1.82, 2.24) is 24.7 Å². The molecule has 6 nitrogen and oxygen atoms in total. The van der Waals surface area contributed by atoms with Crippen LogP contribution in [-0.4, -0.2) is 24.7 Å². The van der Waals surface area contributed by atoms with Crippen molar-refractivity contribution in [3.05, 3.63) is 77.9 Å². The van der Waals surface area contributed by atoms with E-state index in [0.717, 1.165) is 16.8 Å². The molecule has 3 aromatic heterocycles. The minimum Gasteiger partial charge on any atom is -0.439 e. The first-order valence-corrected chi connectivity index (χ1v) is 9.42. The number of hydrogen-bond acceptors (Lipinski definition) is 5. The first kappa shape index (κ1) is 17.3. The van der Waals surface area contributed by atoms with Crippen LogP contribution < -0.4 is 0 Å². The van der Waals surface area contributed by atoms with Crippen LogP contribution in [-0.2, 0) is 0 Å². The van der Waals surface area contributed by atoms with E-state index in [0.29, 0.717) is 28.6 Å². The molecule has 0 fully saturated rings. The van der Waals surface area contributed by atoms with Gasteiger partial charge in [-0.15, -0.1) is 0 Å². The van der Waals surface area contributed by atoms with E-state index in [1.54, 1.807) is 6.33 Å². The predicted octanol–water partition coefficient (Wildman–Crippen LogP) is 5.06. The van der Waals surface area contributed by atoms with Crippen molar-refractivity contribution >= 4 is 11.2 Å². The maximum absolute atomic E-state index is 5.53. The lowest BCUT2D eigenvalue weighted by atomic mass is 9.99. The molecular weight excluding hydrogens is 362 g/mol. The summed E-state index contributed by atoms with van der Waals surface area (Å²) in [6, 6.07) is 18.5. The van der Waals surface area contributed by atoms with Crippen molar-refractivity contribution in [2.75, 3.05) is 0 Å². The zero-order valence-electron chi connectivity index (χ0n) is 16.4. The lowest BCUT2D eigenvalue weighted by molar-refractivity contribution is 0.561. The van der Waals surface area contributed by atoms with Gasteiger partial charge in [0.05, 0.1) is 5.69 Å². The largest absolute Gasteiger partial charge is 0.439 e. The molecule has 2 aromatic carbocycles. The molecule has 0 saturated carbocycles. The van der Waals surface area contributed by atoms with Crippen LogP contribution in [0.2, 0.25) is 0 Å².